The Bertz CT molecular complexity index is 845. The van der Waals surface area contributed by atoms with Crippen LogP contribution in [0.25, 0.3) is 5.69 Å². The number of hydrogen-bond acceptors (Lipinski definition) is 5. The molecule has 0 aliphatic rings. The fraction of sp³-hybridized carbons (Fsp3) is 0. The quantitative estimate of drug-likeness (QED) is 0.755. The molecular weight excluding hydrogens is 316 g/mol. The second-order valence-corrected chi connectivity index (χ2v) is 6.06. The zero-order valence-electron chi connectivity index (χ0n) is 10.4. The summed E-state index contributed by atoms with van der Waals surface area (Å²) < 4.78 is 28.3. The molecule has 2 N–H and O–H groups in total. The van der Waals surface area contributed by atoms with Gasteiger partial charge < -0.3 is 0 Å². The lowest BCUT2D eigenvalue weighted by Gasteiger charge is -2.12. The summed E-state index contributed by atoms with van der Waals surface area (Å²) in [5, 5.41) is 10.3. The molecule has 2 aromatic heterocycles. The number of anilines is 1. The molecule has 0 aliphatic heterocycles. The second kappa shape index (κ2) is 5.19. The number of sulfonamides is 1. The van der Waals surface area contributed by atoms with Crippen LogP contribution in [0.5, 0.6) is 0 Å². The lowest BCUT2D eigenvalue weighted by atomic mass is 10.3. The largest absolute Gasteiger partial charge is 0.278 e. The van der Waals surface area contributed by atoms with E-state index in [4.69, 9.17) is 11.6 Å². The van der Waals surface area contributed by atoms with Crippen molar-refractivity contribution in [3.05, 3.63) is 48.1 Å². The molecule has 2 heterocycles. The molecule has 0 aliphatic carbocycles. The van der Waals surface area contributed by atoms with E-state index in [1.165, 1.54) is 29.6 Å². The van der Waals surface area contributed by atoms with E-state index in [-0.39, 0.29) is 10.7 Å². The summed E-state index contributed by atoms with van der Waals surface area (Å²) in [4.78, 5) is 3.83. The van der Waals surface area contributed by atoms with Crippen LogP contribution in [-0.4, -0.2) is 33.4 Å². The molecule has 3 aromatic rings. The average molecular weight is 325 g/mol. The van der Waals surface area contributed by atoms with Gasteiger partial charge in [-0.1, -0.05) is 17.7 Å². The number of rotatable bonds is 4. The van der Waals surface area contributed by atoms with Crippen molar-refractivity contribution in [2.75, 3.05) is 4.72 Å². The van der Waals surface area contributed by atoms with Crippen molar-refractivity contribution < 1.29 is 8.42 Å². The molecule has 8 nitrogen and oxygen atoms in total. The summed E-state index contributed by atoms with van der Waals surface area (Å²) in [6, 6.07) is 6.19. The molecule has 0 radical (unpaired) electrons. The average Bonchev–Trinajstić information content (AvgIpc) is 3.12. The predicted molar refractivity (Wildman–Crippen MR) is 75.8 cm³/mol. The van der Waals surface area contributed by atoms with Crippen LogP contribution in [0.4, 0.5) is 5.69 Å². The van der Waals surface area contributed by atoms with Crippen LogP contribution in [0, 0.1) is 0 Å². The molecule has 0 amide bonds. The normalized spacial score (nSPS) is 11.5. The SMILES string of the molecule is O=S(=O)(Nc1cccc(Cl)c1-n1cncn1)c1ccn[nH]1. The van der Waals surface area contributed by atoms with Crippen molar-refractivity contribution in [2.45, 2.75) is 5.03 Å². The summed E-state index contributed by atoms with van der Waals surface area (Å²) in [5.74, 6) is 0. The molecule has 0 spiro atoms. The van der Waals surface area contributed by atoms with Crippen molar-refractivity contribution in [2.24, 2.45) is 0 Å². The van der Waals surface area contributed by atoms with Gasteiger partial charge in [0.1, 0.15) is 18.3 Å². The van der Waals surface area contributed by atoms with Gasteiger partial charge in [0.25, 0.3) is 10.0 Å². The van der Waals surface area contributed by atoms with E-state index in [1.54, 1.807) is 18.2 Å². The summed E-state index contributed by atoms with van der Waals surface area (Å²) >= 11 is 6.13. The Balaban J connectivity index is 2.07. The number of hydrogen-bond donors (Lipinski definition) is 2. The molecule has 21 heavy (non-hydrogen) atoms. The molecule has 0 saturated carbocycles. The Labute approximate surface area is 124 Å². The van der Waals surface area contributed by atoms with Crippen molar-refractivity contribution in [1.29, 1.82) is 0 Å². The van der Waals surface area contributed by atoms with Crippen LogP contribution in [0.15, 0.2) is 48.1 Å². The Morgan fingerprint density at radius 1 is 1.29 bits per heavy atom. The number of para-hydroxylation sites is 1. The Kier molecular flexibility index (Phi) is 3.35. The molecule has 0 atom stereocenters. The fourth-order valence-electron chi connectivity index (χ4n) is 1.75. The van der Waals surface area contributed by atoms with E-state index >= 15 is 0 Å². The third kappa shape index (κ3) is 2.60. The van der Waals surface area contributed by atoms with Gasteiger partial charge in [0.2, 0.25) is 0 Å². The van der Waals surface area contributed by atoms with Crippen LogP contribution >= 0.6 is 11.6 Å². The Morgan fingerprint density at radius 2 is 2.14 bits per heavy atom. The van der Waals surface area contributed by atoms with E-state index < -0.39 is 10.0 Å². The highest BCUT2D eigenvalue weighted by Gasteiger charge is 2.19. The summed E-state index contributed by atoms with van der Waals surface area (Å²) in [5.41, 5.74) is 0.669. The number of H-pyrrole nitrogens is 1. The minimum atomic E-state index is -3.79. The predicted octanol–water partition coefficient (Wildman–Crippen LogP) is 1.44. The smallest absolute Gasteiger partial charge is 0.276 e. The first-order chi connectivity index (χ1) is 10.1. The van der Waals surface area contributed by atoms with E-state index in [0.717, 1.165) is 0 Å². The maximum Gasteiger partial charge on any atom is 0.278 e. The fourth-order valence-corrected chi connectivity index (χ4v) is 2.98. The number of nitrogens with zero attached hydrogens (tertiary/aromatic N) is 4. The lowest BCUT2D eigenvalue weighted by Crippen LogP contribution is -2.15. The first-order valence-corrected chi connectivity index (χ1v) is 7.60. The van der Waals surface area contributed by atoms with Gasteiger partial charge in [-0.2, -0.15) is 18.6 Å². The van der Waals surface area contributed by atoms with Gasteiger partial charge in [-0.3, -0.25) is 9.82 Å². The topological polar surface area (TPSA) is 106 Å². The summed E-state index contributed by atoms with van der Waals surface area (Å²) in [6.07, 6.45) is 4.11. The Hall–Kier alpha value is -2.39. The number of halogens is 1. The van der Waals surface area contributed by atoms with Crippen LogP contribution in [0.1, 0.15) is 0 Å². The van der Waals surface area contributed by atoms with Crippen molar-refractivity contribution in [1.82, 2.24) is 25.0 Å². The third-order valence-corrected chi connectivity index (χ3v) is 4.24. The summed E-state index contributed by atoms with van der Waals surface area (Å²) in [7, 11) is -3.79. The molecule has 108 valence electrons. The molecule has 1 aromatic carbocycles. The maximum atomic E-state index is 12.2. The second-order valence-electron chi connectivity index (χ2n) is 4.00. The minimum absolute atomic E-state index is 0.0491. The zero-order chi connectivity index (χ0) is 14.9. The maximum absolute atomic E-state index is 12.2. The number of nitrogens with one attached hydrogen (secondary N) is 2. The van der Waals surface area contributed by atoms with Gasteiger partial charge in [0.15, 0.2) is 5.03 Å². The highest BCUT2D eigenvalue weighted by atomic mass is 35.5. The Morgan fingerprint density at radius 3 is 2.81 bits per heavy atom. The molecule has 0 fully saturated rings. The minimum Gasteiger partial charge on any atom is -0.276 e. The van der Waals surface area contributed by atoms with E-state index in [1.807, 2.05) is 0 Å². The third-order valence-electron chi connectivity index (χ3n) is 2.64. The zero-order valence-corrected chi connectivity index (χ0v) is 12.0. The van der Waals surface area contributed by atoms with E-state index in [0.29, 0.717) is 10.7 Å². The van der Waals surface area contributed by atoms with Gasteiger partial charge in [-0.15, -0.1) is 0 Å². The van der Waals surface area contributed by atoms with Gasteiger partial charge in [-0.25, -0.2) is 9.67 Å². The first-order valence-electron chi connectivity index (χ1n) is 5.73. The number of benzene rings is 1. The van der Waals surface area contributed by atoms with Crippen LogP contribution in [-0.2, 0) is 10.0 Å². The monoisotopic (exact) mass is 324 g/mol. The molecule has 0 saturated heterocycles. The van der Waals surface area contributed by atoms with Gasteiger partial charge in [0.05, 0.1) is 16.9 Å². The van der Waals surface area contributed by atoms with E-state index in [2.05, 4.69) is 25.0 Å². The van der Waals surface area contributed by atoms with Crippen LogP contribution < -0.4 is 4.72 Å². The molecule has 10 heteroatoms. The number of aromatic nitrogens is 5. The van der Waals surface area contributed by atoms with Gasteiger partial charge in [0, 0.05) is 0 Å². The summed E-state index contributed by atoms with van der Waals surface area (Å²) in [6.45, 7) is 0. The van der Waals surface area contributed by atoms with E-state index in [9.17, 15) is 8.42 Å². The van der Waals surface area contributed by atoms with Crippen LogP contribution in [0.3, 0.4) is 0 Å². The lowest BCUT2D eigenvalue weighted by molar-refractivity contribution is 0.597. The number of aromatic amines is 1. The molecule has 0 unspecified atom stereocenters. The van der Waals surface area contributed by atoms with Gasteiger partial charge in [-0.05, 0) is 18.2 Å². The molecule has 0 bridgehead atoms. The first kappa shape index (κ1) is 13.6. The van der Waals surface area contributed by atoms with Crippen molar-refractivity contribution in [3.8, 4) is 5.69 Å². The molecule has 3 rings (SSSR count). The highest BCUT2D eigenvalue weighted by Crippen LogP contribution is 2.29. The van der Waals surface area contributed by atoms with Crippen molar-refractivity contribution >= 4 is 27.3 Å². The standard InChI is InChI=1S/C11H9ClN6O2S/c12-8-2-1-3-9(11(8)18-7-13-6-15-18)17-21(19,20)10-4-5-14-16-10/h1-7,17H,(H,14,16). The highest BCUT2D eigenvalue weighted by molar-refractivity contribution is 7.92. The van der Waals surface area contributed by atoms with Crippen molar-refractivity contribution in [3.63, 3.8) is 0 Å². The molecular formula is C11H9ClN6O2S. The van der Waals surface area contributed by atoms with Crippen LogP contribution in [0.2, 0.25) is 5.02 Å². The van der Waals surface area contributed by atoms with Gasteiger partial charge >= 0.3 is 0 Å².